The van der Waals surface area contributed by atoms with E-state index in [1.165, 1.54) is 0 Å². The number of carbonyl (C=O) groups is 1. The molecule has 1 N–H and O–H groups in total. The lowest BCUT2D eigenvalue weighted by Gasteiger charge is -2.28. The Bertz CT molecular complexity index is 854. The minimum Gasteiger partial charge on any atom is -0.476 e. The molecule has 1 saturated heterocycles. The van der Waals surface area contributed by atoms with Gasteiger partial charge in [-0.1, -0.05) is 0 Å². The predicted octanol–water partition coefficient (Wildman–Crippen LogP) is 1.16. The van der Waals surface area contributed by atoms with Gasteiger partial charge in [0.05, 0.1) is 19.8 Å². The number of rotatable bonds is 6. The van der Waals surface area contributed by atoms with Crippen LogP contribution in [-0.4, -0.2) is 62.1 Å². The van der Waals surface area contributed by atoms with E-state index in [0.29, 0.717) is 55.1 Å². The van der Waals surface area contributed by atoms with Crippen LogP contribution in [0.3, 0.4) is 0 Å². The minimum absolute atomic E-state index is 0.180. The lowest BCUT2D eigenvalue weighted by atomic mass is 10.2. The van der Waals surface area contributed by atoms with Gasteiger partial charge in [-0.15, -0.1) is 0 Å². The summed E-state index contributed by atoms with van der Waals surface area (Å²) in [7, 11) is 0. The first-order chi connectivity index (χ1) is 13.7. The molecule has 0 spiro atoms. The molecule has 9 heteroatoms. The van der Waals surface area contributed by atoms with Crippen molar-refractivity contribution in [3.8, 4) is 17.4 Å². The largest absolute Gasteiger partial charge is 0.476 e. The molecule has 2 aromatic rings. The van der Waals surface area contributed by atoms with Crippen molar-refractivity contribution in [3.05, 3.63) is 35.7 Å². The van der Waals surface area contributed by atoms with Crippen molar-refractivity contribution in [2.45, 2.75) is 6.92 Å². The zero-order valence-electron chi connectivity index (χ0n) is 15.6. The smallest absolute Gasteiger partial charge is 0.251 e. The number of nitrogens with zero attached hydrogens (tertiary/aromatic N) is 3. The zero-order chi connectivity index (χ0) is 19.3. The molecule has 2 aliphatic rings. The summed E-state index contributed by atoms with van der Waals surface area (Å²) in [6.45, 7) is 5.62. The van der Waals surface area contributed by atoms with Gasteiger partial charge >= 0.3 is 0 Å². The normalized spacial score (nSPS) is 15.4. The Morgan fingerprint density at radius 1 is 1.18 bits per heavy atom. The Kier molecular flexibility index (Phi) is 5.43. The third-order valence-corrected chi connectivity index (χ3v) is 4.41. The standard InChI is InChI=1S/C19H22N4O5/c1-13-21-17(23-5-8-25-9-6-23)11-18(22-13)26-7-4-20-19(24)14-2-3-15-16(10-14)28-12-27-15/h2-3,10-11H,4-9,12H2,1H3,(H,20,24). The van der Waals surface area contributed by atoms with Gasteiger partial charge in [0.15, 0.2) is 11.5 Å². The van der Waals surface area contributed by atoms with Crippen LogP contribution in [-0.2, 0) is 4.74 Å². The molecule has 1 amide bonds. The fraction of sp³-hybridized carbons (Fsp3) is 0.421. The number of benzene rings is 1. The van der Waals surface area contributed by atoms with Crippen LogP contribution in [0.15, 0.2) is 24.3 Å². The van der Waals surface area contributed by atoms with Gasteiger partial charge in [-0.05, 0) is 25.1 Å². The number of ether oxygens (including phenoxy) is 4. The van der Waals surface area contributed by atoms with Crippen molar-refractivity contribution in [3.63, 3.8) is 0 Å². The number of hydrogen-bond acceptors (Lipinski definition) is 8. The molecule has 1 aromatic heterocycles. The second kappa shape index (κ2) is 8.30. The van der Waals surface area contributed by atoms with E-state index in [0.717, 1.165) is 18.9 Å². The number of hydrogen-bond donors (Lipinski definition) is 1. The number of aryl methyl sites for hydroxylation is 1. The zero-order valence-corrected chi connectivity index (χ0v) is 15.6. The lowest BCUT2D eigenvalue weighted by Crippen LogP contribution is -2.37. The van der Waals surface area contributed by atoms with Crippen LogP contribution in [0.25, 0.3) is 0 Å². The first kappa shape index (κ1) is 18.3. The first-order valence-electron chi connectivity index (χ1n) is 9.18. The van der Waals surface area contributed by atoms with E-state index < -0.39 is 0 Å². The van der Waals surface area contributed by atoms with Gasteiger partial charge < -0.3 is 29.2 Å². The summed E-state index contributed by atoms with van der Waals surface area (Å²) in [6, 6.07) is 6.91. The van der Waals surface area contributed by atoms with Gasteiger partial charge in [-0.25, -0.2) is 4.98 Å². The summed E-state index contributed by atoms with van der Waals surface area (Å²) < 4.78 is 21.6. The molecule has 0 saturated carbocycles. The Hall–Kier alpha value is -3.07. The molecule has 3 heterocycles. The van der Waals surface area contributed by atoms with Crippen LogP contribution in [0.2, 0.25) is 0 Å². The molecule has 0 atom stereocenters. The van der Waals surface area contributed by atoms with E-state index in [-0.39, 0.29) is 12.7 Å². The number of aromatic nitrogens is 2. The molecule has 0 unspecified atom stereocenters. The average molecular weight is 386 g/mol. The highest BCUT2D eigenvalue weighted by Crippen LogP contribution is 2.32. The molecule has 1 aromatic carbocycles. The SMILES string of the molecule is Cc1nc(OCCNC(=O)c2ccc3c(c2)OCO3)cc(N2CCOCC2)n1. The summed E-state index contributed by atoms with van der Waals surface area (Å²) in [4.78, 5) is 23.2. The first-order valence-corrected chi connectivity index (χ1v) is 9.18. The Morgan fingerprint density at radius 2 is 2.00 bits per heavy atom. The van der Waals surface area contributed by atoms with E-state index in [9.17, 15) is 4.79 Å². The number of carbonyl (C=O) groups excluding carboxylic acids is 1. The predicted molar refractivity (Wildman–Crippen MR) is 100 cm³/mol. The van der Waals surface area contributed by atoms with Crippen LogP contribution in [0, 0.1) is 6.92 Å². The van der Waals surface area contributed by atoms with Crippen LogP contribution in [0.5, 0.6) is 17.4 Å². The number of nitrogens with one attached hydrogen (secondary N) is 1. The molecule has 0 aliphatic carbocycles. The molecular formula is C19H22N4O5. The second-order valence-electron chi connectivity index (χ2n) is 6.38. The van der Waals surface area contributed by atoms with Crippen molar-refractivity contribution in [1.29, 1.82) is 0 Å². The summed E-state index contributed by atoms with van der Waals surface area (Å²) >= 11 is 0. The monoisotopic (exact) mass is 386 g/mol. The highest BCUT2D eigenvalue weighted by molar-refractivity contribution is 5.94. The molecular weight excluding hydrogens is 364 g/mol. The molecule has 9 nitrogen and oxygen atoms in total. The number of anilines is 1. The van der Waals surface area contributed by atoms with Crippen molar-refractivity contribution in [1.82, 2.24) is 15.3 Å². The van der Waals surface area contributed by atoms with E-state index >= 15 is 0 Å². The van der Waals surface area contributed by atoms with E-state index in [2.05, 4.69) is 20.2 Å². The van der Waals surface area contributed by atoms with E-state index in [4.69, 9.17) is 18.9 Å². The minimum atomic E-state index is -0.199. The van der Waals surface area contributed by atoms with Crippen molar-refractivity contribution < 1.29 is 23.7 Å². The molecule has 4 rings (SSSR count). The van der Waals surface area contributed by atoms with Gasteiger partial charge in [0.1, 0.15) is 18.2 Å². The van der Waals surface area contributed by atoms with Crippen LogP contribution >= 0.6 is 0 Å². The summed E-state index contributed by atoms with van der Waals surface area (Å²) in [6.07, 6.45) is 0. The molecule has 28 heavy (non-hydrogen) atoms. The van der Waals surface area contributed by atoms with Crippen LogP contribution in [0.1, 0.15) is 16.2 Å². The maximum absolute atomic E-state index is 12.3. The second-order valence-corrected chi connectivity index (χ2v) is 6.38. The number of morpholine rings is 1. The summed E-state index contributed by atoms with van der Waals surface area (Å²) in [5.74, 6) is 2.99. The van der Waals surface area contributed by atoms with Gasteiger partial charge in [-0.2, -0.15) is 4.98 Å². The third kappa shape index (κ3) is 4.25. The highest BCUT2D eigenvalue weighted by Gasteiger charge is 2.17. The topological polar surface area (TPSA) is 95.0 Å². The number of amides is 1. The van der Waals surface area contributed by atoms with Gasteiger partial charge in [-0.3, -0.25) is 4.79 Å². The van der Waals surface area contributed by atoms with Gasteiger partial charge in [0.2, 0.25) is 12.7 Å². The third-order valence-electron chi connectivity index (χ3n) is 4.41. The van der Waals surface area contributed by atoms with Crippen molar-refractivity contribution >= 4 is 11.7 Å². The Balaban J connectivity index is 1.29. The molecule has 1 fully saturated rings. The summed E-state index contributed by atoms with van der Waals surface area (Å²) in [5.41, 5.74) is 0.511. The average Bonchev–Trinajstić information content (AvgIpc) is 3.19. The van der Waals surface area contributed by atoms with E-state index in [1.54, 1.807) is 18.2 Å². The van der Waals surface area contributed by atoms with Gasteiger partial charge in [0, 0.05) is 24.7 Å². The maximum Gasteiger partial charge on any atom is 0.251 e. The maximum atomic E-state index is 12.3. The fourth-order valence-corrected chi connectivity index (χ4v) is 3.01. The van der Waals surface area contributed by atoms with Crippen molar-refractivity contribution in [2.24, 2.45) is 0 Å². The summed E-state index contributed by atoms with van der Waals surface area (Å²) in [5, 5.41) is 2.82. The highest BCUT2D eigenvalue weighted by atomic mass is 16.7. The fourth-order valence-electron chi connectivity index (χ4n) is 3.01. The molecule has 0 bridgehead atoms. The molecule has 0 radical (unpaired) electrons. The van der Waals surface area contributed by atoms with Gasteiger partial charge in [0.25, 0.3) is 5.91 Å². The molecule has 148 valence electrons. The molecule has 2 aliphatic heterocycles. The van der Waals surface area contributed by atoms with Crippen LogP contribution in [0.4, 0.5) is 5.82 Å². The number of fused-ring (bicyclic) bond motifs is 1. The Morgan fingerprint density at radius 3 is 2.86 bits per heavy atom. The quantitative estimate of drug-likeness (QED) is 0.739. The van der Waals surface area contributed by atoms with Crippen LogP contribution < -0.4 is 24.4 Å². The van der Waals surface area contributed by atoms with E-state index in [1.807, 2.05) is 13.0 Å². The van der Waals surface area contributed by atoms with Crippen molar-refractivity contribution in [2.75, 3.05) is 51.1 Å². The Labute approximate surface area is 162 Å². The lowest BCUT2D eigenvalue weighted by molar-refractivity contribution is 0.0946.